The van der Waals surface area contributed by atoms with E-state index in [9.17, 15) is 0 Å². The third-order valence-electron chi connectivity index (χ3n) is 3.18. The highest BCUT2D eigenvalue weighted by atomic mass is 16.5. The molecule has 0 fully saturated rings. The van der Waals surface area contributed by atoms with Crippen LogP contribution in [0.15, 0.2) is 63.0 Å². The van der Waals surface area contributed by atoms with Gasteiger partial charge in [0.2, 0.25) is 5.82 Å². The quantitative estimate of drug-likeness (QED) is 0.679. The summed E-state index contributed by atoms with van der Waals surface area (Å²) in [7, 11) is 0. The first-order chi connectivity index (χ1) is 11.2. The summed E-state index contributed by atoms with van der Waals surface area (Å²) in [5.74, 6) is 0.756. The molecule has 0 amide bonds. The highest BCUT2D eigenvalue weighted by molar-refractivity contribution is 5.80. The van der Waals surface area contributed by atoms with E-state index in [0.29, 0.717) is 11.7 Å². The first-order valence-electron chi connectivity index (χ1n) is 7.24. The molecule has 0 spiro atoms. The minimum Gasteiger partial charge on any atom is -0.333 e. The van der Waals surface area contributed by atoms with Crippen molar-refractivity contribution < 1.29 is 4.52 Å². The molecule has 0 unspecified atom stereocenters. The largest absolute Gasteiger partial charge is 0.333 e. The van der Waals surface area contributed by atoms with Gasteiger partial charge in [0.25, 0.3) is 5.89 Å². The van der Waals surface area contributed by atoms with Crippen LogP contribution in [0.1, 0.15) is 22.8 Å². The summed E-state index contributed by atoms with van der Waals surface area (Å²) in [5.41, 5.74) is 4.06. The Hall–Kier alpha value is -3.08. The lowest BCUT2D eigenvalue weighted by atomic mass is 10.2. The van der Waals surface area contributed by atoms with Gasteiger partial charge >= 0.3 is 0 Å². The van der Waals surface area contributed by atoms with E-state index in [-0.39, 0.29) is 0 Å². The molecule has 0 N–H and O–H groups in total. The fraction of sp³-hybridized carbons (Fsp3) is 0.111. The number of aromatic nitrogens is 2. The van der Waals surface area contributed by atoms with Crippen LogP contribution in [0.3, 0.4) is 0 Å². The maximum atomic E-state index is 5.12. The number of hydrogen-bond donors (Lipinski definition) is 0. The lowest BCUT2D eigenvalue weighted by Gasteiger charge is -1.93. The van der Waals surface area contributed by atoms with Crippen LogP contribution in [0.4, 0.5) is 11.4 Å². The molecule has 3 aromatic rings. The predicted octanol–water partition coefficient (Wildman–Crippen LogP) is 4.19. The van der Waals surface area contributed by atoms with Crippen LogP contribution in [-0.4, -0.2) is 22.6 Å². The van der Waals surface area contributed by atoms with Crippen LogP contribution in [0, 0.1) is 13.8 Å². The van der Waals surface area contributed by atoms with Gasteiger partial charge < -0.3 is 4.52 Å². The molecule has 1 heterocycles. The Morgan fingerprint density at radius 1 is 0.783 bits per heavy atom. The van der Waals surface area contributed by atoms with Crippen molar-refractivity contribution >= 4 is 23.8 Å². The van der Waals surface area contributed by atoms with Crippen molar-refractivity contribution in [2.75, 3.05) is 0 Å². The van der Waals surface area contributed by atoms with Crippen molar-refractivity contribution in [3.63, 3.8) is 0 Å². The number of rotatable bonds is 4. The molecule has 0 aliphatic heterocycles. The Kier molecular flexibility index (Phi) is 4.38. The summed E-state index contributed by atoms with van der Waals surface area (Å²) < 4.78 is 5.12. The van der Waals surface area contributed by atoms with Crippen molar-refractivity contribution in [1.29, 1.82) is 0 Å². The second-order valence-electron chi connectivity index (χ2n) is 5.18. The normalized spacial score (nSPS) is 11.6. The average Bonchev–Trinajstić information content (AvgIpc) is 3.02. The summed E-state index contributed by atoms with van der Waals surface area (Å²) in [4.78, 5) is 12.8. The van der Waals surface area contributed by atoms with Gasteiger partial charge in [-0.3, -0.25) is 9.98 Å². The van der Waals surface area contributed by atoms with Crippen LogP contribution in [-0.2, 0) is 0 Å². The molecule has 114 valence electrons. The van der Waals surface area contributed by atoms with E-state index in [0.717, 1.165) is 11.4 Å². The van der Waals surface area contributed by atoms with Crippen molar-refractivity contribution in [3.05, 3.63) is 71.4 Å². The Bertz CT molecular complexity index is 760. The fourth-order valence-corrected chi connectivity index (χ4v) is 1.88. The molecule has 3 rings (SSSR count). The zero-order valence-corrected chi connectivity index (χ0v) is 13.0. The third kappa shape index (κ3) is 4.20. The van der Waals surface area contributed by atoms with Gasteiger partial charge in [0.05, 0.1) is 23.8 Å². The van der Waals surface area contributed by atoms with Gasteiger partial charge in [-0.2, -0.15) is 4.98 Å². The minimum atomic E-state index is 0.343. The van der Waals surface area contributed by atoms with E-state index in [1.54, 1.807) is 12.4 Å². The van der Waals surface area contributed by atoms with Gasteiger partial charge in [0.15, 0.2) is 0 Å². The average molecular weight is 304 g/mol. The molecule has 1 aromatic heterocycles. The molecule has 5 nitrogen and oxygen atoms in total. The topological polar surface area (TPSA) is 63.6 Å². The minimum absolute atomic E-state index is 0.343. The maximum absolute atomic E-state index is 5.12. The van der Waals surface area contributed by atoms with E-state index in [1.165, 1.54) is 11.1 Å². The van der Waals surface area contributed by atoms with Crippen LogP contribution >= 0.6 is 0 Å². The second kappa shape index (κ2) is 6.79. The molecule has 0 aliphatic carbocycles. The number of nitrogens with zero attached hydrogens (tertiary/aromatic N) is 4. The smallest absolute Gasteiger partial charge is 0.269 e. The number of benzene rings is 2. The zero-order chi connectivity index (χ0) is 16.1. The molecular formula is C18H16N4O. The Balaban J connectivity index is 1.68. The lowest BCUT2D eigenvalue weighted by Crippen LogP contribution is -1.85. The summed E-state index contributed by atoms with van der Waals surface area (Å²) in [6, 6.07) is 15.7. The summed E-state index contributed by atoms with van der Waals surface area (Å²) in [6.07, 6.45) is 3.11. The SMILES string of the molecule is Cc1ccc(N=Cc2noc(C=Nc3ccc(C)cc3)n2)cc1. The highest BCUT2D eigenvalue weighted by Gasteiger charge is 2.01. The Labute approximate surface area is 134 Å². The molecule has 0 atom stereocenters. The van der Waals surface area contributed by atoms with Gasteiger partial charge in [0, 0.05) is 0 Å². The number of aryl methyl sites for hydroxylation is 2. The van der Waals surface area contributed by atoms with Gasteiger partial charge in [0.1, 0.15) is 0 Å². The number of aliphatic imine (C=N–C) groups is 2. The number of hydrogen-bond acceptors (Lipinski definition) is 5. The van der Waals surface area contributed by atoms with Crippen molar-refractivity contribution in [2.45, 2.75) is 13.8 Å². The molecule has 0 aliphatic rings. The maximum Gasteiger partial charge on any atom is 0.269 e. The highest BCUT2D eigenvalue weighted by Crippen LogP contribution is 2.13. The van der Waals surface area contributed by atoms with Gasteiger partial charge in [-0.15, -0.1) is 0 Å². The third-order valence-corrected chi connectivity index (χ3v) is 3.18. The lowest BCUT2D eigenvalue weighted by molar-refractivity contribution is 0.411. The van der Waals surface area contributed by atoms with Crippen molar-refractivity contribution in [1.82, 2.24) is 10.1 Å². The molecule has 0 radical (unpaired) electrons. The first-order valence-corrected chi connectivity index (χ1v) is 7.24. The first kappa shape index (κ1) is 14.8. The van der Waals surface area contributed by atoms with E-state index in [4.69, 9.17) is 4.52 Å². The zero-order valence-electron chi connectivity index (χ0n) is 13.0. The molecule has 5 heteroatoms. The van der Waals surface area contributed by atoms with E-state index in [2.05, 4.69) is 20.1 Å². The summed E-state index contributed by atoms with van der Waals surface area (Å²) in [5, 5.41) is 3.85. The van der Waals surface area contributed by atoms with Crippen LogP contribution < -0.4 is 0 Å². The summed E-state index contributed by atoms with van der Waals surface area (Å²) >= 11 is 0. The van der Waals surface area contributed by atoms with Crippen LogP contribution in [0.2, 0.25) is 0 Å². The molecule has 0 saturated carbocycles. The van der Waals surface area contributed by atoms with Crippen LogP contribution in [0.25, 0.3) is 0 Å². The van der Waals surface area contributed by atoms with Crippen molar-refractivity contribution in [2.24, 2.45) is 9.98 Å². The molecular weight excluding hydrogens is 288 g/mol. The predicted molar refractivity (Wildman–Crippen MR) is 91.2 cm³/mol. The van der Waals surface area contributed by atoms with Gasteiger partial charge in [-0.1, -0.05) is 40.5 Å². The van der Waals surface area contributed by atoms with Crippen LogP contribution in [0.5, 0.6) is 0 Å². The Morgan fingerprint density at radius 3 is 1.87 bits per heavy atom. The van der Waals surface area contributed by atoms with E-state index in [1.807, 2.05) is 62.4 Å². The Morgan fingerprint density at radius 2 is 1.30 bits per heavy atom. The van der Waals surface area contributed by atoms with Gasteiger partial charge in [-0.05, 0) is 38.1 Å². The monoisotopic (exact) mass is 304 g/mol. The molecule has 23 heavy (non-hydrogen) atoms. The molecule has 2 aromatic carbocycles. The van der Waals surface area contributed by atoms with Crippen molar-refractivity contribution in [3.8, 4) is 0 Å². The summed E-state index contributed by atoms with van der Waals surface area (Å²) in [6.45, 7) is 4.07. The van der Waals surface area contributed by atoms with E-state index >= 15 is 0 Å². The van der Waals surface area contributed by atoms with Gasteiger partial charge in [-0.25, -0.2) is 0 Å². The second-order valence-corrected chi connectivity index (χ2v) is 5.18. The molecule has 0 saturated heterocycles. The van der Waals surface area contributed by atoms with E-state index < -0.39 is 0 Å². The molecule has 0 bridgehead atoms. The standard InChI is InChI=1S/C18H16N4O/c1-13-3-7-15(8-4-13)19-11-17-21-18(23-22-17)12-20-16-9-5-14(2)6-10-16/h3-12H,1-2H3. The fourth-order valence-electron chi connectivity index (χ4n) is 1.88.